The van der Waals surface area contributed by atoms with Crippen LogP contribution in [0.3, 0.4) is 0 Å². The highest BCUT2D eigenvalue weighted by Crippen LogP contribution is 2.39. The smallest absolute Gasteiger partial charge is 0.254 e. The molecule has 4 rings (SSSR count). The van der Waals surface area contributed by atoms with Crippen LogP contribution in [-0.2, 0) is 22.6 Å². The molecule has 2 aliphatic heterocycles. The number of nitrogens with zero attached hydrogens (tertiary/aromatic N) is 4. The number of hydrogen-bond donors (Lipinski definition) is 0. The molecule has 3 aliphatic rings. The van der Waals surface area contributed by atoms with Gasteiger partial charge in [0.05, 0.1) is 11.4 Å². The Bertz CT molecular complexity index is 672. The molecule has 144 valence electrons. The quantitative estimate of drug-likeness (QED) is 0.827. The third-order valence-corrected chi connectivity index (χ3v) is 6.56. The molecule has 0 atom stereocenters. The van der Waals surface area contributed by atoms with Gasteiger partial charge in [-0.1, -0.05) is 0 Å². The van der Waals surface area contributed by atoms with E-state index in [9.17, 15) is 4.79 Å². The van der Waals surface area contributed by atoms with Gasteiger partial charge in [0.2, 0.25) is 0 Å². The number of fused-ring (bicyclic) bond motifs is 1. The molecular formula is C20H32N4O2. The summed E-state index contributed by atoms with van der Waals surface area (Å²) in [5.74, 6) is 1.85. The SMILES string of the molecule is CCOC1(C(=O)N2CCC(c3nc(C)n4c3CN(C)CC4)CC2)CCC1. The molecule has 6 heteroatoms. The predicted molar refractivity (Wildman–Crippen MR) is 100 cm³/mol. The van der Waals surface area contributed by atoms with Crippen molar-refractivity contribution in [2.45, 2.75) is 70.6 Å². The first kappa shape index (κ1) is 18.0. The highest BCUT2D eigenvalue weighted by Gasteiger charge is 2.47. The average Bonchev–Trinajstić information content (AvgIpc) is 2.94. The Hall–Kier alpha value is -1.40. The van der Waals surface area contributed by atoms with Crippen LogP contribution >= 0.6 is 0 Å². The number of amides is 1. The fourth-order valence-corrected chi connectivity index (χ4v) is 4.87. The van der Waals surface area contributed by atoms with E-state index >= 15 is 0 Å². The van der Waals surface area contributed by atoms with Gasteiger partial charge in [0.1, 0.15) is 11.4 Å². The first-order valence-corrected chi connectivity index (χ1v) is 10.2. The minimum atomic E-state index is -0.505. The zero-order valence-electron chi connectivity index (χ0n) is 16.5. The van der Waals surface area contributed by atoms with Crippen molar-refractivity contribution in [1.29, 1.82) is 0 Å². The number of piperidine rings is 1. The van der Waals surface area contributed by atoms with E-state index in [4.69, 9.17) is 9.72 Å². The normalized spacial score (nSPS) is 23.6. The number of carbonyl (C=O) groups excluding carboxylic acids is 1. The molecule has 1 saturated carbocycles. The number of likely N-dealkylation sites (tertiary alicyclic amines) is 1. The Morgan fingerprint density at radius 2 is 1.96 bits per heavy atom. The number of carbonyl (C=O) groups is 1. The van der Waals surface area contributed by atoms with Crippen LogP contribution in [0.5, 0.6) is 0 Å². The second-order valence-corrected chi connectivity index (χ2v) is 8.23. The van der Waals surface area contributed by atoms with Gasteiger partial charge >= 0.3 is 0 Å². The molecule has 1 amide bonds. The number of hydrogen-bond acceptors (Lipinski definition) is 4. The van der Waals surface area contributed by atoms with Crippen molar-refractivity contribution in [1.82, 2.24) is 19.4 Å². The maximum atomic E-state index is 13.0. The van der Waals surface area contributed by atoms with Crippen LogP contribution < -0.4 is 0 Å². The summed E-state index contributed by atoms with van der Waals surface area (Å²) >= 11 is 0. The van der Waals surface area contributed by atoms with Crippen molar-refractivity contribution in [2.24, 2.45) is 0 Å². The zero-order valence-corrected chi connectivity index (χ0v) is 16.5. The van der Waals surface area contributed by atoms with Crippen LogP contribution in [0.4, 0.5) is 0 Å². The van der Waals surface area contributed by atoms with Gasteiger partial charge in [-0.25, -0.2) is 4.98 Å². The van der Waals surface area contributed by atoms with Crippen molar-refractivity contribution >= 4 is 5.91 Å². The van der Waals surface area contributed by atoms with Gasteiger partial charge in [-0.3, -0.25) is 9.69 Å². The van der Waals surface area contributed by atoms with Gasteiger partial charge in [-0.2, -0.15) is 0 Å². The number of likely N-dealkylation sites (N-methyl/N-ethyl adjacent to an activating group) is 1. The summed E-state index contributed by atoms with van der Waals surface area (Å²) < 4.78 is 8.26. The molecule has 3 heterocycles. The number of imidazole rings is 1. The second-order valence-electron chi connectivity index (χ2n) is 8.23. The highest BCUT2D eigenvalue weighted by atomic mass is 16.5. The van der Waals surface area contributed by atoms with E-state index in [0.29, 0.717) is 12.5 Å². The van der Waals surface area contributed by atoms with Crippen molar-refractivity contribution < 1.29 is 9.53 Å². The summed E-state index contributed by atoms with van der Waals surface area (Å²) in [5, 5.41) is 0. The fraction of sp³-hybridized carbons (Fsp3) is 0.800. The first-order chi connectivity index (χ1) is 12.5. The highest BCUT2D eigenvalue weighted by molar-refractivity contribution is 5.86. The Kier molecular flexibility index (Phi) is 4.82. The van der Waals surface area contributed by atoms with Crippen molar-refractivity contribution in [3.05, 3.63) is 17.2 Å². The van der Waals surface area contributed by atoms with E-state index < -0.39 is 5.60 Å². The third kappa shape index (κ3) is 2.97. The number of aromatic nitrogens is 2. The average molecular weight is 361 g/mol. The molecule has 0 bridgehead atoms. The van der Waals surface area contributed by atoms with Gasteiger partial charge in [0, 0.05) is 45.2 Å². The van der Waals surface area contributed by atoms with Crippen LogP contribution in [0.15, 0.2) is 0 Å². The van der Waals surface area contributed by atoms with Gasteiger partial charge in [-0.15, -0.1) is 0 Å². The van der Waals surface area contributed by atoms with Crippen LogP contribution in [0, 0.1) is 6.92 Å². The Morgan fingerprint density at radius 3 is 2.58 bits per heavy atom. The minimum absolute atomic E-state index is 0.229. The Balaban J connectivity index is 1.44. The van der Waals surface area contributed by atoms with E-state index in [1.807, 2.05) is 11.8 Å². The molecule has 2 fully saturated rings. The van der Waals surface area contributed by atoms with Crippen LogP contribution in [0.1, 0.15) is 62.2 Å². The monoisotopic (exact) mass is 360 g/mol. The molecule has 0 N–H and O–H groups in total. The number of rotatable bonds is 4. The lowest BCUT2D eigenvalue weighted by Gasteiger charge is -2.44. The summed E-state index contributed by atoms with van der Waals surface area (Å²) in [5.41, 5.74) is 2.17. The van der Waals surface area contributed by atoms with E-state index in [-0.39, 0.29) is 5.91 Å². The van der Waals surface area contributed by atoms with Crippen molar-refractivity contribution in [2.75, 3.05) is 33.3 Å². The van der Waals surface area contributed by atoms with E-state index in [1.165, 1.54) is 11.4 Å². The standard InChI is InChI=1S/C20H32N4O2/c1-4-26-20(8-5-9-20)19(25)23-10-6-16(7-11-23)18-17-14-22(3)12-13-24(17)15(2)21-18/h16H,4-14H2,1-3H3. The van der Waals surface area contributed by atoms with Crippen molar-refractivity contribution in [3.63, 3.8) is 0 Å². The molecule has 1 aromatic heterocycles. The van der Waals surface area contributed by atoms with Gasteiger partial charge in [0.15, 0.2) is 0 Å². The second kappa shape index (κ2) is 6.97. The molecule has 1 aromatic rings. The van der Waals surface area contributed by atoms with Crippen molar-refractivity contribution in [3.8, 4) is 0 Å². The molecule has 0 unspecified atom stereocenters. The number of aryl methyl sites for hydroxylation is 1. The Labute approximate surface area is 156 Å². The fourth-order valence-electron chi connectivity index (χ4n) is 4.87. The Morgan fingerprint density at radius 1 is 1.23 bits per heavy atom. The molecule has 0 aromatic carbocycles. The van der Waals surface area contributed by atoms with Gasteiger partial charge in [-0.05, 0) is 53.0 Å². The third-order valence-electron chi connectivity index (χ3n) is 6.56. The maximum Gasteiger partial charge on any atom is 0.254 e. The van der Waals surface area contributed by atoms with E-state index in [0.717, 1.165) is 70.7 Å². The summed E-state index contributed by atoms with van der Waals surface area (Å²) in [7, 11) is 2.18. The first-order valence-electron chi connectivity index (χ1n) is 10.2. The number of ether oxygens (including phenoxy) is 1. The predicted octanol–water partition coefficient (Wildman–Crippen LogP) is 2.30. The lowest BCUT2D eigenvalue weighted by molar-refractivity contribution is -0.171. The minimum Gasteiger partial charge on any atom is -0.365 e. The van der Waals surface area contributed by atoms with Crippen LogP contribution in [0.2, 0.25) is 0 Å². The van der Waals surface area contributed by atoms with Crippen LogP contribution in [-0.4, -0.2) is 64.1 Å². The van der Waals surface area contributed by atoms with Gasteiger partial charge < -0.3 is 14.2 Å². The summed E-state index contributed by atoms with van der Waals surface area (Å²) in [6.45, 7) is 9.52. The molecule has 1 saturated heterocycles. The lowest BCUT2D eigenvalue weighted by atomic mass is 9.78. The molecule has 26 heavy (non-hydrogen) atoms. The molecule has 6 nitrogen and oxygen atoms in total. The molecule has 0 spiro atoms. The summed E-state index contributed by atoms with van der Waals surface area (Å²) in [4.78, 5) is 22.3. The van der Waals surface area contributed by atoms with Gasteiger partial charge in [0.25, 0.3) is 5.91 Å². The molecule has 1 aliphatic carbocycles. The zero-order chi connectivity index (χ0) is 18.3. The topological polar surface area (TPSA) is 50.6 Å². The molecular weight excluding hydrogens is 328 g/mol. The summed E-state index contributed by atoms with van der Waals surface area (Å²) in [6, 6.07) is 0. The molecule has 0 radical (unpaired) electrons. The lowest BCUT2D eigenvalue weighted by Crippen LogP contribution is -2.56. The summed E-state index contributed by atoms with van der Waals surface area (Å²) in [6.07, 6.45) is 4.91. The van der Waals surface area contributed by atoms with E-state index in [1.54, 1.807) is 0 Å². The largest absolute Gasteiger partial charge is 0.365 e. The van der Waals surface area contributed by atoms with Crippen LogP contribution in [0.25, 0.3) is 0 Å². The maximum absolute atomic E-state index is 13.0. The van der Waals surface area contributed by atoms with E-state index in [2.05, 4.69) is 23.4 Å².